The third kappa shape index (κ3) is 4.55. The van der Waals surface area contributed by atoms with Crippen LogP contribution in [0.25, 0.3) is 0 Å². The summed E-state index contributed by atoms with van der Waals surface area (Å²) in [6, 6.07) is 3.82. The Morgan fingerprint density at radius 1 is 1.14 bits per heavy atom. The largest absolute Gasteiger partial charge is 0.397 e. The number of hydrogen-bond acceptors (Lipinski definition) is 4. The van der Waals surface area contributed by atoms with Gasteiger partial charge in [-0.1, -0.05) is 37.5 Å². The van der Waals surface area contributed by atoms with Crippen LogP contribution in [0.1, 0.15) is 79.9 Å². The van der Waals surface area contributed by atoms with Gasteiger partial charge in [-0.05, 0) is 62.1 Å². The number of carbonyl (C=O) groups is 1. The average molecular weight is 393 g/mol. The normalized spacial score (nSPS) is 23.0. The quantitative estimate of drug-likeness (QED) is 0.656. The van der Waals surface area contributed by atoms with Crippen molar-refractivity contribution < 1.29 is 4.79 Å². The molecule has 2 heterocycles. The Morgan fingerprint density at radius 2 is 1.93 bits per heavy atom. The molecule has 5 heteroatoms. The van der Waals surface area contributed by atoms with Crippen LogP contribution in [0.3, 0.4) is 0 Å². The zero-order valence-corrected chi connectivity index (χ0v) is 17.2. The number of rotatable bonds is 4. The number of pyridine rings is 1. The molecule has 0 radical (unpaired) electrons. The van der Waals surface area contributed by atoms with Crippen molar-refractivity contribution in [2.75, 3.05) is 12.3 Å². The molecule has 1 amide bonds. The first-order valence-electron chi connectivity index (χ1n) is 11.0. The molecule has 1 aliphatic heterocycles. The zero-order chi connectivity index (χ0) is 20.2. The molecule has 29 heavy (non-hydrogen) atoms. The van der Waals surface area contributed by atoms with Gasteiger partial charge < -0.3 is 16.4 Å². The van der Waals surface area contributed by atoms with Gasteiger partial charge in [0, 0.05) is 24.4 Å². The molecule has 5 nitrogen and oxygen atoms in total. The van der Waals surface area contributed by atoms with Gasteiger partial charge in [-0.3, -0.25) is 4.79 Å². The summed E-state index contributed by atoms with van der Waals surface area (Å²) >= 11 is 0. The Kier molecular flexibility index (Phi) is 6.02. The molecule has 2 saturated carbocycles. The van der Waals surface area contributed by atoms with E-state index < -0.39 is 0 Å². The van der Waals surface area contributed by atoms with Crippen molar-refractivity contribution in [1.29, 1.82) is 0 Å². The van der Waals surface area contributed by atoms with Gasteiger partial charge in [0.15, 0.2) is 5.69 Å². The lowest BCUT2D eigenvalue weighted by molar-refractivity contribution is 0.0961. The second-order valence-electron chi connectivity index (χ2n) is 8.63. The van der Waals surface area contributed by atoms with Crippen LogP contribution < -0.4 is 16.4 Å². The molecule has 0 unspecified atom stereocenters. The monoisotopic (exact) mass is 392 g/mol. The molecule has 3 aliphatic rings. The topological polar surface area (TPSA) is 80.0 Å². The summed E-state index contributed by atoms with van der Waals surface area (Å²) in [5.74, 6) is 0.634. The van der Waals surface area contributed by atoms with E-state index in [0.29, 0.717) is 23.2 Å². The molecule has 1 aromatic rings. The molecule has 0 spiro atoms. The van der Waals surface area contributed by atoms with Crippen molar-refractivity contribution >= 4 is 11.6 Å². The van der Waals surface area contributed by atoms with Crippen LogP contribution in [-0.2, 0) is 0 Å². The predicted molar refractivity (Wildman–Crippen MR) is 117 cm³/mol. The number of nitrogens with zero attached hydrogens (tertiary/aromatic N) is 1. The van der Waals surface area contributed by atoms with Gasteiger partial charge in [-0.15, -0.1) is 0 Å². The Balaban J connectivity index is 1.51. The lowest BCUT2D eigenvalue weighted by atomic mass is 9.80. The summed E-state index contributed by atoms with van der Waals surface area (Å²) in [5, 5.41) is 6.31. The number of carbonyl (C=O) groups excluding carboxylic acids is 1. The number of dihydropyridines is 1. The molecule has 2 fully saturated rings. The highest BCUT2D eigenvalue weighted by Gasteiger charge is 2.26. The first kappa shape index (κ1) is 19.7. The summed E-state index contributed by atoms with van der Waals surface area (Å²) in [5.41, 5.74) is 11.3. The van der Waals surface area contributed by atoms with E-state index >= 15 is 0 Å². The van der Waals surface area contributed by atoms with E-state index in [9.17, 15) is 4.79 Å². The summed E-state index contributed by atoms with van der Waals surface area (Å²) in [6.07, 6.45) is 14.6. The van der Waals surface area contributed by atoms with Crippen molar-refractivity contribution in [3.8, 4) is 0 Å². The number of nitrogens with one attached hydrogen (secondary N) is 2. The molecule has 2 aliphatic carbocycles. The number of hydrogen-bond donors (Lipinski definition) is 3. The smallest absolute Gasteiger partial charge is 0.276 e. The van der Waals surface area contributed by atoms with E-state index in [4.69, 9.17) is 10.7 Å². The van der Waals surface area contributed by atoms with Gasteiger partial charge in [0.2, 0.25) is 0 Å². The van der Waals surface area contributed by atoms with Crippen LogP contribution in [-0.4, -0.2) is 17.4 Å². The summed E-state index contributed by atoms with van der Waals surface area (Å²) in [4.78, 5) is 17.8. The van der Waals surface area contributed by atoms with Crippen LogP contribution in [0, 0.1) is 5.92 Å². The minimum Gasteiger partial charge on any atom is -0.397 e. The standard InChI is InChI=1S/C24H32N4O/c1-16-6-5-9-18(14-16)19-12-13-26-15-22(19)28-24(29)23-20(25)10-11-21(27-23)17-7-3-2-4-8-17/h10-12,15,17-18,26H,1-9,13-14,25H2,(H,28,29)/t18-/m1/s1. The van der Waals surface area contributed by atoms with Gasteiger partial charge >= 0.3 is 0 Å². The molecule has 1 atom stereocenters. The Hall–Kier alpha value is -2.56. The van der Waals surface area contributed by atoms with Gasteiger partial charge in [-0.25, -0.2) is 4.98 Å². The maximum atomic E-state index is 13.1. The SMILES string of the molecule is C=C1CCC[C@@H](C2=CCNC=C2NC(=O)c2nc(C3CCCCC3)ccc2N)C1. The Morgan fingerprint density at radius 3 is 2.72 bits per heavy atom. The minimum absolute atomic E-state index is 0.226. The van der Waals surface area contributed by atoms with Crippen molar-refractivity contribution in [3.05, 3.63) is 59.2 Å². The molecular formula is C24H32N4O. The second kappa shape index (κ2) is 8.85. The summed E-state index contributed by atoms with van der Waals surface area (Å²) < 4.78 is 0. The van der Waals surface area contributed by atoms with E-state index in [1.807, 2.05) is 18.3 Å². The molecule has 154 valence electrons. The van der Waals surface area contributed by atoms with E-state index in [1.54, 1.807) is 0 Å². The lowest BCUT2D eigenvalue weighted by Gasteiger charge is -2.29. The first-order chi connectivity index (χ1) is 14.1. The van der Waals surface area contributed by atoms with Crippen LogP contribution in [0.15, 0.2) is 47.8 Å². The van der Waals surface area contributed by atoms with Crippen LogP contribution in [0.2, 0.25) is 0 Å². The number of nitrogens with two attached hydrogens (primary N) is 1. The number of allylic oxidation sites excluding steroid dienone is 2. The van der Waals surface area contributed by atoms with Crippen molar-refractivity contribution in [1.82, 2.24) is 15.6 Å². The first-order valence-corrected chi connectivity index (χ1v) is 11.0. The van der Waals surface area contributed by atoms with Gasteiger partial charge in [0.05, 0.1) is 11.4 Å². The molecule has 1 aromatic heterocycles. The Labute approximate surface area is 173 Å². The van der Waals surface area contributed by atoms with Crippen molar-refractivity contribution in [2.24, 2.45) is 5.92 Å². The van der Waals surface area contributed by atoms with E-state index in [-0.39, 0.29) is 5.91 Å². The maximum Gasteiger partial charge on any atom is 0.276 e. The van der Waals surface area contributed by atoms with Gasteiger partial charge in [0.25, 0.3) is 5.91 Å². The maximum absolute atomic E-state index is 13.1. The summed E-state index contributed by atoms with van der Waals surface area (Å²) in [6.45, 7) is 4.97. The van der Waals surface area contributed by atoms with Crippen LogP contribution in [0.4, 0.5) is 5.69 Å². The Bertz CT molecular complexity index is 848. The van der Waals surface area contributed by atoms with Crippen molar-refractivity contribution in [3.63, 3.8) is 0 Å². The van der Waals surface area contributed by atoms with Gasteiger partial charge in [0.1, 0.15) is 0 Å². The molecular weight excluding hydrogens is 360 g/mol. The van der Waals surface area contributed by atoms with E-state index in [2.05, 4.69) is 23.3 Å². The average Bonchev–Trinajstić information content (AvgIpc) is 2.75. The highest BCUT2D eigenvalue weighted by molar-refractivity contribution is 5.98. The van der Waals surface area contributed by atoms with Crippen LogP contribution >= 0.6 is 0 Å². The third-order valence-electron chi connectivity index (χ3n) is 6.49. The predicted octanol–water partition coefficient (Wildman–Crippen LogP) is 4.56. The lowest BCUT2D eigenvalue weighted by Crippen LogP contribution is -2.32. The fourth-order valence-corrected chi connectivity index (χ4v) is 4.91. The molecule has 0 saturated heterocycles. The number of nitrogen functional groups attached to an aromatic ring is 1. The molecule has 0 bridgehead atoms. The van der Waals surface area contributed by atoms with Gasteiger partial charge in [-0.2, -0.15) is 0 Å². The number of amides is 1. The summed E-state index contributed by atoms with van der Waals surface area (Å²) in [7, 11) is 0. The van der Waals surface area contributed by atoms with Crippen LogP contribution in [0.5, 0.6) is 0 Å². The van der Waals surface area contributed by atoms with Crippen molar-refractivity contribution in [2.45, 2.75) is 63.7 Å². The number of aromatic nitrogens is 1. The molecule has 0 aromatic carbocycles. The minimum atomic E-state index is -0.226. The fraction of sp³-hybridized carbons (Fsp3) is 0.500. The molecule has 4 N–H and O–H groups in total. The highest BCUT2D eigenvalue weighted by Crippen LogP contribution is 2.36. The van der Waals surface area contributed by atoms with E-state index in [0.717, 1.165) is 56.5 Å². The number of anilines is 1. The molecule has 4 rings (SSSR count). The second-order valence-corrected chi connectivity index (χ2v) is 8.63. The third-order valence-corrected chi connectivity index (χ3v) is 6.49. The zero-order valence-electron chi connectivity index (χ0n) is 17.2. The fourth-order valence-electron chi connectivity index (χ4n) is 4.91. The highest BCUT2D eigenvalue weighted by atomic mass is 16.1. The van der Waals surface area contributed by atoms with E-state index in [1.165, 1.54) is 30.4 Å².